The summed E-state index contributed by atoms with van der Waals surface area (Å²) in [4.78, 5) is 8.18. The van der Waals surface area contributed by atoms with Gasteiger partial charge in [0.05, 0.1) is 17.5 Å². The topological polar surface area (TPSA) is 97.2 Å². The summed E-state index contributed by atoms with van der Waals surface area (Å²) in [6.45, 7) is 0. The first-order valence-corrected chi connectivity index (χ1v) is 7.24. The Morgan fingerprint density at radius 2 is 2.11 bits per heavy atom. The number of hydrogen-bond donors (Lipinski definition) is 3. The number of halogens is 2. The smallest absolute Gasteiger partial charge is 0.146 e. The van der Waals surface area contributed by atoms with Crippen LogP contribution in [0, 0.1) is 3.57 Å². The number of aliphatic hydroxyl groups excluding tert-OH is 2. The number of rotatable bonds is 1. The predicted molar refractivity (Wildman–Crippen MR) is 78.9 cm³/mol. The lowest BCUT2D eigenvalue weighted by atomic mass is 10.2. The maximum absolute atomic E-state index is 10.1. The fraction of sp³-hybridized carbons (Fsp3) is 0.455. The Morgan fingerprint density at radius 3 is 2.74 bits per heavy atom. The molecule has 2 aromatic rings. The first-order valence-electron chi connectivity index (χ1n) is 5.79. The van der Waals surface area contributed by atoms with Crippen molar-refractivity contribution in [3.05, 3.63) is 21.2 Å². The molecule has 0 aromatic carbocycles. The third kappa shape index (κ3) is 2.04. The molecule has 1 fully saturated rings. The summed E-state index contributed by atoms with van der Waals surface area (Å²) in [7, 11) is 0. The van der Waals surface area contributed by atoms with Gasteiger partial charge in [0.2, 0.25) is 0 Å². The van der Waals surface area contributed by atoms with Crippen LogP contribution in [0.3, 0.4) is 0 Å². The van der Waals surface area contributed by atoms with Crippen LogP contribution < -0.4 is 5.73 Å². The fourth-order valence-corrected chi connectivity index (χ4v) is 3.76. The summed E-state index contributed by atoms with van der Waals surface area (Å²) in [5.74, 6) is 0. The summed E-state index contributed by atoms with van der Waals surface area (Å²) in [6, 6.07) is -0.741. The minimum Gasteiger partial charge on any atom is -0.389 e. The molecule has 19 heavy (non-hydrogen) atoms. The maximum Gasteiger partial charge on any atom is 0.146 e. The van der Waals surface area contributed by atoms with Gasteiger partial charge in [0.1, 0.15) is 23.2 Å². The first-order chi connectivity index (χ1) is 9.00. The quantitative estimate of drug-likeness (QED) is 0.488. The van der Waals surface area contributed by atoms with E-state index in [-0.39, 0.29) is 6.04 Å². The van der Waals surface area contributed by atoms with E-state index in [1.807, 2.05) is 10.8 Å². The van der Waals surface area contributed by atoms with Crippen LogP contribution in [0.4, 0.5) is 0 Å². The van der Waals surface area contributed by atoms with Crippen molar-refractivity contribution in [1.29, 1.82) is 0 Å². The molecule has 0 amide bonds. The van der Waals surface area contributed by atoms with Gasteiger partial charge in [0.25, 0.3) is 0 Å². The zero-order valence-corrected chi connectivity index (χ0v) is 12.7. The van der Waals surface area contributed by atoms with Crippen molar-refractivity contribution >= 4 is 45.2 Å². The van der Waals surface area contributed by atoms with Crippen molar-refractivity contribution in [3.63, 3.8) is 0 Å². The van der Waals surface area contributed by atoms with Crippen LogP contribution in [-0.4, -0.2) is 43.0 Å². The Balaban J connectivity index is 2.14. The molecule has 1 aliphatic rings. The van der Waals surface area contributed by atoms with Crippen LogP contribution in [0.15, 0.2) is 12.5 Å². The molecular formula is C11H12ClIN4O2. The Bertz CT molecular complexity index is 634. The molecule has 2 heterocycles. The summed E-state index contributed by atoms with van der Waals surface area (Å²) >= 11 is 8.22. The van der Waals surface area contributed by atoms with Crippen LogP contribution in [-0.2, 0) is 0 Å². The summed E-state index contributed by atoms with van der Waals surface area (Å²) in [5.41, 5.74) is 6.44. The van der Waals surface area contributed by atoms with E-state index in [0.29, 0.717) is 17.2 Å². The second-order valence-electron chi connectivity index (χ2n) is 4.70. The van der Waals surface area contributed by atoms with Crippen molar-refractivity contribution in [2.75, 3.05) is 0 Å². The van der Waals surface area contributed by atoms with Crippen LogP contribution in [0.5, 0.6) is 0 Å². The fourth-order valence-electron chi connectivity index (χ4n) is 2.57. The second kappa shape index (κ2) is 4.81. The van der Waals surface area contributed by atoms with Crippen LogP contribution in [0.25, 0.3) is 11.0 Å². The van der Waals surface area contributed by atoms with E-state index >= 15 is 0 Å². The van der Waals surface area contributed by atoms with Crippen molar-refractivity contribution in [2.45, 2.75) is 30.7 Å². The third-order valence-corrected chi connectivity index (χ3v) is 4.68. The van der Waals surface area contributed by atoms with Crippen LogP contribution in [0.2, 0.25) is 5.15 Å². The van der Waals surface area contributed by atoms with Crippen LogP contribution in [0.1, 0.15) is 12.5 Å². The van der Waals surface area contributed by atoms with Crippen molar-refractivity contribution in [1.82, 2.24) is 14.5 Å². The number of aromatic nitrogens is 3. The number of nitrogens with zero attached hydrogens (tertiary/aromatic N) is 3. The standard InChI is InChI=1S/C11H12ClIN4O2/c12-10-7-4(13)2-17(11(7)16-3-15-10)6-1-5(14)8(18)9(6)19/h2-3,5-6,8-9,18-19H,1,14H2/t5-,6+,8+,9-/m0/s1. The molecule has 3 rings (SSSR count). The highest BCUT2D eigenvalue weighted by atomic mass is 127. The third-order valence-electron chi connectivity index (χ3n) is 3.57. The average Bonchev–Trinajstić information content (AvgIpc) is 2.83. The Labute approximate surface area is 127 Å². The molecule has 2 aromatic heterocycles. The van der Waals surface area contributed by atoms with Gasteiger partial charge < -0.3 is 20.5 Å². The molecule has 1 saturated carbocycles. The minimum absolute atomic E-state index is 0.304. The number of nitrogens with two attached hydrogens (primary N) is 1. The molecule has 1 aliphatic carbocycles. The van der Waals surface area contributed by atoms with Gasteiger partial charge in [-0.2, -0.15) is 0 Å². The molecule has 4 N–H and O–H groups in total. The molecule has 0 spiro atoms. The number of hydrogen-bond acceptors (Lipinski definition) is 5. The van der Waals surface area contributed by atoms with Gasteiger partial charge in [-0.3, -0.25) is 0 Å². The lowest BCUT2D eigenvalue weighted by molar-refractivity contribution is 0.0187. The summed E-state index contributed by atoms with van der Waals surface area (Å²) < 4.78 is 2.73. The number of fused-ring (bicyclic) bond motifs is 1. The van der Waals surface area contributed by atoms with Gasteiger partial charge in [0.15, 0.2) is 0 Å². The van der Waals surface area contributed by atoms with Crippen molar-refractivity contribution < 1.29 is 10.2 Å². The van der Waals surface area contributed by atoms with Crippen molar-refractivity contribution in [2.24, 2.45) is 5.73 Å². The molecule has 0 bridgehead atoms. The Morgan fingerprint density at radius 1 is 1.37 bits per heavy atom. The van der Waals surface area contributed by atoms with E-state index < -0.39 is 18.2 Å². The van der Waals surface area contributed by atoms with E-state index in [9.17, 15) is 10.2 Å². The predicted octanol–water partition coefficient (Wildman–Crippen LogP) is 0.683. The Kier molecular flexibility index (Phi) is 3.42. The highest BCUT2D eigenvalue weighted by Gasteiger charge is 2.41. The first kappa shape index (κ1) is 13.5. The molecule has 6 nitrogen and oxygen atoms in total. The lowest BCUT2D eigenvalue weighted by Gasteiger charge is -2.18. The average molecular weight is 395 g/mol. The lowest BCUT2D eigenvalue weighted by Crippen LogP contribution is -2.35. The van der Waals surface area contributed by atoms with Gasteiger partial charge in [-0.25, -0.2) is 9.97 Å². The molecule has 8 heteroatoms. The zero-order chi connectivity index (χ0) is 13.7. The van der Waals surface area contributed by atoms with E-state index in [4.69, 9.17) is 17.3 Å². The number of aliphatic hydroxyl groups is 2. The van der Waals surface area contributed by atoms with E-state index in [0.717, 1.165) is 8.96 Å². The van der Waals surface area contributed by atoms with Gasteiger partial charge in [-0.15, -0.1) is 0 Å². The maximum atomic E-state index is 10.1. The minimum atomic E-state index is -0.919. The van der Waals surface area contributed by atoms with E-state index in [2.05, 4.69) is 32.6 Å². The Hall–Kier alpha value is -0.480. The highest BCUT2D eigenvalue weighted by molar-refractivity contribution is 14.1. The van der Waals surface area contributed by atoms with Gasteiger partial charge in [-0.1, -0.05) is 11.6 Å². The molecule has 4 atom stereocenters. The van der Waals surface area contributed by atoms with Crippen LogP contribution >= 0.6 is 34.2 Å². The largest absolute Gasteiger partial charge is 0.389 e. The highest BCUT2D eigenvalue weighted by Crippen LogP contribution is 2.35. The summed E-state index contributed by atoms with van der Waals surface area (Å²) in [6.07, 6.45) is 1.90. The monoisotopic (exact) mass is 394 g/mol. The van der Waals surface area contributed by atoms with Gasteiger partial charge >= 0.3 is 0 Å². The normalized spacial score (nSPS) is 31.2. The van der Waals surface area contributed by atoms with Crippen molar-refractivity contribution in [3.8, 4) is 0 Å². The molecule has 0 unspecified atom stereocenters. The molecule has 0 aliphatic heterocycles. The van der Waals surface area contributed by atoms with Gasteiger partial charge in [0, 0.05) is 15.8 Å². The molecular weight excluding hydrogens is 383 g/mol. The van der Waals surface area contributed by atoms with E-state index in [1.54, 1.807) is 0 Å². The second-order valence-corrected chi connectivity index (χ2v) is 6.22. The zero-order valence-electron chi connectivity index (χ0n) is 9.74. The SMILES string of the molecule is N[C@H]1C[C@@H](n2cc(I)c3c(Cl)ncnc32)[C@H](O)[C@@H]1O. The molecule has 0 saturated heterocycles. The van der Waals surface area contributed by atoms with E-state index in [1.165, 1.54) is 6.33 Å². The summed E-state index contributed by atoms with van der Waals surface area (Å²) in [5, 5.41) is 21.0. The molecule has 102 valence electrons. The molecule has 0 radical (unpaired) electrons. The van der Waals surface area contributed by atoms with Gasteiger partial charge in [-0.05, 0) is 29.0 Å².